The van der Waals surface area contributed by atoms with E-state index in [1.807, 2.05) is 20.0 Å². The fourth-order valence-corrected chi connectivity index (χ4v) is 3.21. The first kappa shape index (κ1) is 24.2. The van der Waals surface area contributed by atoms with Gasteiger partial charge in [0.15, 0.2) is 5.96 Å². The topological polar surface area (TPSA) is 62.0 Å². The number of hydrogen-bond donors (Lipinski definition) is 2. The van der Waals surface area contributed by atoms with Gasteiger partial charge >= 0.3 is 0 Å². The Morgan fingerprint density at radius 2 is 2.00 bits per heavy atom. The van der Waals surface area contributed by atoms with E-state index in [1.54, 1.807) is 0 Å². The third-order valence-corrected chi connectivity index (χ3v) is 4.57. The zero-order valence-corrected chi connectivity index (χ0v) is 19.6. The number of ether oxygens (including phenoxy) is 1. The molecule has 2 N–H and O–H groups in total. The summed E-state index contributed by atoms with van der Waals surface area (Å²) in [7, 11) is 1.81. The molecule has 1 atom stereocenters. The van der Waals surface area contributed by atoms with E-state index < -0.39 is 0 Å². The average Bonchev–Trinajstić information content (AvgIpc) is 3.28. The van der Waals surface area contributed by atoms with Crippen molar-refractivity contribution in [2.75, 3.05) is 46.4 Å². The van der Waals surface area contributed by atoms with E-state index in [1.165, 1.54) is 12.8 Å². The van der Waals surface area contributed by atoms with Crippen molar-refractivity contribution in [3.05, 3.63) is 23.7 Å². The summed E-state index contributed by atoms with van der Waals surface area (Å²) in [6, 6.07) is 4.39. The fourth-order valence-electron chi connectivity index (χ4n) is 3.21. The van der Waals surface area contributed by atoms with Gasteiger partial charge in [-0.3, -0.25) is 9.89 Å². The highest BCUT2D eigenvalue weighted by molar-refractivity contribution is 14.0. The maximum Gasteiger partial charge on any atom is 0.191 e. The van der Waals surface area contributed by atoms with Crippen LogP contribution in [0.4, 0.5) is 0 Å². The van der Waals surface area contributed by atoms with E-state index in [2.05, 4.69) is 40.4 Å². The molecule has 1 fully saturated rings. The summed E-state index contributed by atoms with van der Waals surface area (Å²) in [6.45, 7) is 11.8. The maximum absolute atomic E-state index is 5.91. The Morgan fingerprint density at radius 3 is 2.59 bits per heavy atom. The minimum absolute atomic E-state index is 0. The summed E-state index contributed by atoms with van der Waals surface area (Å²) in [4.78, 5) is 6.83. The largest absolute Gasteiger partial charge is 0.465 e. The Hall–Kier alpha value is -0.800. The third kappa shape index (κ3) is 8.83. The van der Waals surface area contributed by atoms with Gasteiger partial charge in [-0.1, -0.05) is 13.8 Å². The highest BCUT2D eigenvalue weighted by Crippen LogP contribution is 2.26. The van der Waals surface area contributed by atoms with Crippen molar-refractivity contribution in [1.29, 1.82) is 0 Å². The summed E-state index contributed by atoms with van der Waals surface area (Å²) < 4.78 is 11.5. The van der Waals surface area contributed by atoms with Crippen LogP contribution in [0, 0.1) is 12.8 Å². The summed E-state index contributed by atoms with van der Waals surface area (Å²) in [6.07, 6.45) is 3.50. The second-order valence-electron chi connectivity index (χ2n) is 7.41. The van der Waals surface area contributed by atoms with Crippen LogP contribution >= 0.6 is 24.0 Å². The van der Waals surface area contributed by atoms with Crippen molar-refractivity contribution in [3.63, 3.8) is 0 Å². The van der Waals surface area contributed by atoms with Crippen LogP contribution < -0.4 is 10.6 Å². The molecule has 1 saturated heterocycles. The van der Waals surface area contributed by atoms with Crippen molar-refractivity contribution in [3.8, 4) is 0 Å². The Balaban J connectivity index is 0.00000364. The van der Waals surface area contributed by atoms with Gasteiger partial charge in [0.25, 0.3) is 0 Å². The number of halogens is 1. The zero-order valence-electron chi connectivity index (χ0n) is 17.3. The fraction of sp³-hybridized carbons (Fsp3) is 0.750. The molecule has 1 aromatic heterocycles. The van der Waals surface area contributed by atoms with Crippen LogP contribution in [-0.2, 0) is 4.74 Å². The highest BCUT2D eigenvalue weighted by atomic mass is 127. The first-order valence-electron chi connectivity index (χ1n) is 9.92. The molecule has 0 aromatic carbocycles. The zero-order chi connectivity index (χ0) is 18.8. The number of guanidine groups is 1. The quantitative estimate of drug-likeness (QED) is 0.226. The van der Waals surface area contributed by atoms with Gasteiger partial charge in [-0.2, -0.15) is 0 Å². The van der Waals surface area contributed by atoms with Gasteiger partial charge in [-0.25, -0.2) is 0 Å². The number of nitrogens with one attached hydrogen (secondary N) is 2. The molecule has 7 heteroatoms. The first-order chi connectivity index (χ1) is 12.6. The summed E-state index contributed by atoms with van der Waals surface area (Å²) >= 11 is 0. The molecule has 0 bridgehead atoms. The molecule has 1 aliphatic heterocycles. The lowest BCUT2D eigenvalue weighted by Crippen LogP contribution is -2.43. The molecule has 0 saturated carbocycles. The van der Waals surface area contributed by atoms with Crippen LogP contribution in [0.25, 0.3) is 0 Å². The van der Waals surface area contributed by atoms with E-state index in [9.17, 15) is 0 Å². The molecule has 0 radical (unpaired) electrons. The molecule has 1 unspecified atom stereocenters. The molecular weight excluding hydrogens is 455 g/mol. The van der Waals surface area contributed by atoms with Gasteiger partial charge in [-0.15, -0.1) is 24.0 Å². The minimum atomic E-state index is 0. The van der Waals surface area contributed by atoms with E-state index >= 15 is 0 Å². The monoisotopic (exact) mass is 492 g/mol. The van der Waals surface area contributed by atoms with Gasteiger partial charge in [-0.05, 0) is 57.3 Å². The minimum Gasteiger partial charge on any atom is -0.465 e. The first-order valence-corrected chi connectivity index (χ1v) is 9.92. The molecule has 156 valence electrons. The van der Waals surface area contributed by atoms with Crippen LogP contribution in [-0.4, -0.2) is 57.3 Å². The van der Waals surface area contributed by atoms with Gasteiger partial charge in [0, 0.05) is 33.4 Å². The lowest BCUT2D eigenvalue weighted by molar-refractivity contribution is 0.108. The molecule has 0 amide bonds. The van der Waals surface area contributed by atoms with E-state index in [0.717, 1.165) is 63.3 Å². The second kappa shape index (κ2) is 13.4. The van der Waals surface area contributed by atoms with Crippen molar-refractivity contribution >= 4 is 29.9 Å². The van der Waals surface area contributed by atoms with Gasteiger partial charge in [0.05, 0.1) is 6.04 Å². The molecule has 6 nitrogen and oxygen atoms in total. The number of nitrogens with zero attached hydrogens (tertiary/aromatic N) is 2. The Kier molecular flexibility index (Phi) is 12.0. The molecular formula is C20H37IN4O2. The number of aryl methyl sites for hydroxylation is 1. The molecule has 27 heavy (non-hydrogen) atoms. The summed E-state index contributed by atoms with van der Waals surface area (Å²) in [5.74, 6) is 3.43. The molecule has 0 aliphatic carbocycles. The molecule has 2 rings (SSSR count). The van der Waals surface area contributed by atoms with E-state index in [0.29, 0.717) is 5.92 Å². The highest BCUT2D eigenvalue weighted by Gasteiger charge is 2.26. The standard InChI is InChI=1S/C20H36N4O2.HI/c1-16(2)15-25-13-7-10-22-20(21-4)23-14-18(24-11-5-6-12-24)19-9-8-17(3)26-19;/h8-9,16,18H,5-7,10-15H2,1-4H3,(H2,21,22,23);1H. The van der Waals surface area contributed by atoms with Crippen LogP contribution in [0.1, 0.15) is 50.7 Å². The average molecular weight is 492 g/mol. The van der Waals surface area contributed by atoms with Crippen LogP contribution in [0.3, 0.4) is 0 Å². The van der Waals surface area contributed by atoms with E-state index in [-0.39, 0.29) is 30.0 Å². The predicted octanol–water partition coefficient (Wildman–Crippen LogP) is 3.57. The normalized spacial score (nSPS) is 16.4. The van der Waals surface area contributed by atoms with Crippen LogP contribution in [0.2, 0.25) is 0 Å². The third-order valence-electron chi connectivity index (χ3n) is 4.57. The van der Waals surface area contributed by atoms with E-state index in [4.69, 9.17) is 9.15 Å². The number of aliphatic imine (C=N–C) groups is 1. The lowest BCUT2D eigenvalue weighted by atomic mass is 10.2. The molecule has 1 aliphatic rings. The smallest absolute Gasteiger partial charge is 0.191 e. The van der Waals surface area contributed by atoms with Gasteiger partial charge in [0.2, 0.25) is 0 Å². The molecule has 2 heterocycles. The van der Waals surface area contributed by atoms with Crippen LogP contribution in [0.15, 0.2) is 21.5 Å². The number of rotatable bonds is 10. The SMILES string of the molecule is CN=C(NCCCOCC(C)C)NCC(c1ccc(C)o1)N1CCCC1.I. The van der Waals surface area contributed by atoms with Crippen LogP contribution in [0.5, 0.6) is 0 Å². The van der Waals surface area contributed by atoms with Crippen molar-refractivity contribution in [2.24, 2.45) is 10.9 Å². The summed E-state index contributed by atoms with van der Waals surface area (Å²) in [5.41, 5.74) is 0. The summed E-state index contributed by atoms with van der Waals surface area (Å²) in [5, 5.41) is 6.83. The predicted molar refractivity (Wildman–Crippen MR) is 122 cm³/mol. The number of hydrogen-bond acceptors (Lipinski definition) is 4. The van der Waals surface area contributed by atoms with Crippen molar-refractivity contribution in [2.45, 2.75) is 46.1 Å². The number of likely N-dealkylation sites (tertiary alicyclic amines) is 1. The molecule has 0 spiro atoms. The maximum atomic E-state index is 5.91. The Labute approximate surface area is 181 Å². The Bertz CT molecular complexity index is 542. The van der Waals surface area contributed by atoms with Crippen molar-refractivity contribution in [1.82, 2.24) is 15.5 Å². The van der Waals surface area contributed by atoms with Crippen molar-refractivity contribution < 1.29 is 9.15 Å². The Morgan fingerprint density at radius 1 is 1.26 bits per heavy atom. The van der Waals surface area contributed by atoms with Gasteiger partial charge < -0.3 is 19.8 Å². The molecule has 1 aromatic rings. The van der Waals surface area contributed by atoms with Gasteiger partial charge in [0.1, 0.15) is 11.5 Å². The second-order valence-corrected chi connectivity index (χ2v) is 7.41. The lowest BCUT2D eigenvalue weighted by Gasteiger charge is -2.26. The number of furan rings is 1.